The zero-order valence-electron chi connectivity index (χ0n) is 13.5. The molecule has 0 radical (unpaired) electrons. The van der Waals surface area contributed by atoms with E-state index in [0.717, 1.165) is 4.47 Å². The third-order valence-electron chi connectivity index (χ3n) is 4.88. The van der Waals surface area contributed by atoms with Crippen molar-refractivity contribution in [3.05, 3.63) is 95.5 Å². The molecule has 0 aliphatic carbocycles. The Morgan fingerprint density at radius 2 is 1.24 bits per heavy atom. The second-order valence-electron chi connectivity index (χ2n) is 6.36. The lowest BCUT2D eigenvalue weighted by molar-refractivity contribution is 1.63. The van der Waals surface area contributed by atoms with Gasteiger partial charge in [0.25, 0.3) is 0 Å². The van der Waals surface area contributed by atoms with E-state index in [1.54, 1.807) is 0 Å². The van der Waals surface area contributed by atoms with Crippen molar-refractivity contribution in [2.75, 3.05) is 0 Å². The first-order chi connectivity index (χ1) is 12.3. The molecule has 0 aliphatic heterocycles. The fourth-order valence-electron chi connectivity index (χ4n) is 3.77. The van der Waals surface area contributed by atoms with Crippen molar-refractivity contribution in [3.8, 4) is 11.1 Å². The van der Waals surface area contributed by atoms with E-state index in [9.17, 15) is 0 Å². The Morgan fingerprint density at radius 1 is 0.520 bits per heavy atom. The molecule has 0 atom stereocenters. The summed E-state index contributed by atoms with van der Waals surface area (Å²) in [4.78, 5) is 0. The van der Waals surface area contributed by atoms with Gasteiger partial charge in [0, 0.05) is 4.47 Å². The Bertz CT molecular complexity index is 1250. The topological polar surface area (TPSA) is 0 Å². The molecule has 0 fully saturated rings. The minimum atomic E-state index is 1.10. The molecule has 0 aromatic heterocycles. The maximum absolute atomic E-state index is 3.61. The lowest BCUT2D eigenvalue weighted by atomic mass is 9.91. The third-order valence-corrected chi connectivity index (χ3v) is 5.38. The molecule has 0 amide bonds. The van der Waals surface area contributed by atoms with E-state index >= 15 is 0 Å². The summed E-state index contributed by atoms with van der Waals surface area (Å²) >= 11 is 3.61. The van der Waals surface area contributed by atoms with Crippen molar-refractivity contribution in [3.63, 3.8) is 0 Å². The number of rotatable bonds is 1. The number of hydrogen-bond acceptors (Lipinski definition) is 0. The summed E-state index contributed by atoms with van der Waals surface area (Å²) in [6.45, 7) is 0. The average molecular weight is 383 g/mol. The highest BCUT2D eigenvalue weighted by atomic mass is 79.9. The van der Waals surface area contributed by atoms with Crippen LogP contribution in [0.15, 0.2) is 95.5 Å². The molecule has 5 aromatic rings. The smallest absolute Gasteiger partial charge is 0.0181 e. The first-order valence-electron chi connectivity index (χ1n) is 8.40. The standard InChI is InChI=1S/C24H15Br/c25-19-8-5-7-17(14-19)23-15-18-13-12-16-6-1-2-9-20(16)24(18)22-11-4-3-10-21(22)23/h1-15H. The third kappa shape index (κ3) is 2.35. The van der Waals surface area contributed by atoms with E-state index in [0.29, 0.717) is 0 Å². The molecular formula is C24H15Br. The molecule has 0 spiro atoms. The van der Waals surface area contributed by atoms with Gasteiger partial charge in [-0.2, -0.15) is 0 Å². The maximum Gasteiger partial charge on any atom is 0.0181 e. The van der Waals surface area contributed by atoms with E-state index < -0.39 is 0 Å². The maximum atomic E-state index is 3.61. The van der Waals surface area contributed by atoms with E-state index in [-0.39, 0.29) is 0 Å². The van der Waals surface area contributed by atoms with E-state index in [1.165, 1.54) is 43.4 Å². The largest absolute Gasteiger partial charge is 0.0616 e. The molecule has 0 saturated heterocycles. The Morgan fingerprint density at radius 3 is 2.08 bits per heavy atom. The Kier molecular flexibility index (Phi) is 3.36. The summed E-state index contributed by atoms with van der Waals surface area (Å²) < 4.78 is 1.10. The summed E-state index contributed by atoms with van der Waals surface area (Å²) in [5.74, 6) is 0. The van der Waals surface area contributed by atoms with Gasteiger partial charge in [0.15, 0.2) is 0 Å². The Hall–Kier alpha value is -2.64. The quantitative estimate of drug-likeness (QED) is 0.262. The second kappa shape index (κ2) is 5.72. The molecule has 0 nitrogen and oxygen atoms in total. The van der Waals surface area contributed by atoms with Gasteiger partial charge in [-0.05, 0) is 61.6 Å². The molecule has 0 aliphatic rings. The van der Waals surface area contributed by atoms with Crippen LogP contribution in [0.1, 0.15) is 0 Å². The molecular weight excluding hydrogens is 368 g/mol. The highest BCUT2D eigenvalue weighted by molar-refractivity contribution is 9.10. The minimum Gasteiger partial charge on any atom is -0.0616 e. The molecule has 1 heteroatoms. The van der Waals surface area contributed by atoms with Gasteiger partial charge in [0.05, 0.1) is 0 Å². The van der Waals surface area contributed by atoms with Crippen LogP contribution in [0.2, 0.25) is 0 Å². The lowest BCUT2D eigenvalue weighted by Gasteiger charge is -2.13. The van der Waals surface area contributed by atoms with Crippen molar-refractivity contribution in [2.24, 2.45) is 0 Å². The molecule has 25 heavy (non-hydrogen) atoms. The van der Waals surface area contributed by atoms with Crippen LogP contribution in [0, 0.1) is 0 Å². The summed E-state index contributed by atoms with van der Waals surface area (Å²) in [6.07, 6.45) is 0. The monoisotopic (exact) mass is 382 g/mol. The van der Waals surface area contributed by atoms with Gasteiger partial charge >= 0.3 is 0 Å². The van der Waals surface area contributed by atoms with Crippen molar-refractivity contribution in [1.29, 1.82) is 0 Å². The second-order valence-corrected chi connectivity index (χ2v) is 7.28. The molecule has 0 heterocycles. The number of benzene rings is 5. The van der Waals surface area contributed by atoms with E-state index in [2.05, 4.69) is 107 Å². The first kappa shape index (κ1) is 14.7. The number of halogens is 1. The molecule has 0 saturated carbocycles. The number of hydrogen-bond donors (Lipinski definition) is 0. The fraction of sp³-hybridized carbons (Fsp3) is 0. The molecule has 0 unspecified atom stereocenters. The summed E-state index contributed by atoms with van der Waals surface area (Å²) in [5.41, 5.74) is 2.51. The summed E-state index contributed by atoms with van der Waals surface area (Å²) in [7, 11) is 0. The molecule has 5 aromatic carbocycles. The van der Waals surface area contributed by atoms with Gasteiger partial charge in [-0.25, -0.2) is 0 Å². The minimum absolute atomic E-state index is 1.10. The van der Waals surface area contributed by atoms with Crippen molar-refractivity contribution >= 4 is 48.2 Å². The van der Waals surface area contributed by atoms with Gasteiger partial charge in [0.2, 0.25) is 0 Å². The van der Waals surface area contributed by atoms with Crippen LogP contribution in [0.5, 0.6) is 0 Å². The van der Waals surface area contributed by atoms with Crippen LogP contribution >= 0.6 is 15.9 Å². The Balaban J connectivity index is 1.99. The molecule has 5 rings (SSSR count). The molecule has 0 bridgehead atoms. The average Bonchev–Trinajstić information content (AvgIpc) is 2.67. The van der Waals surface area contributed by atoms with Crippen LogP contribution in [0.25, 0.3) is 43.4 Å². The summed E-state index contributed by atoms with van der Waals surface area (Å²) in [6, 6.07) is 32.7. The van der Waals surface area contributed by atoms with Crippen molar-refractivity contribution < 1.29 is 0 Å². The van der Waals surface area contributed by atoms with Gasteiger partial charge < -0.3 is 0 Å². The van der Waals surface area contributed by atoms with Crippen molar-refractivity contribution in [1.82, 2.24) is 0 Å². The van der Waals surface area contributed by atoms with Crippen LogP contribution in [-0.4, -0.2) is 0 Å². The van der Waals surface area contributed by atoms with E-state index in [1.807, 2.05) is 0 Å². The zero-order chi connectivity index (χ0) is 16.8. The van der Waals surface area contributed by atoms with Crippen LogP contribution in [-0.2, 0) is 0 Å². The summed E-state index contributed by atoms with van der Waals surface area (Å²) in [5, 5.41) is 7.84. The Labute approximate surface area is 154 Å². The molecule has 0 N–H and O–H groups in total. The first-order valence-corrected chi connectivity index (χ1v) is 9.20. The van der Waals surface area contributed by atoms with Gasteiger partial charge in [0.1, 0.15) is 0 Å². The van der Waals surface area contributed by atoms with Crippen LogP contribution in [0.3, 0.4) is 0 Å². The fourth-order valence-corrected chi connectivity index (χ4v) is 4.17. The molecule has 118 valence electrons. The van der Waals surface area contributed by atoms with Crippen molar-refractivity contribution in [2.45, 2.75) is 0 Å². The SMILES string of the molecule is Brc1cccc(-c2cc3ccc4ccccc4c3c3ccccc23)c1. The highest BCUT2D eigenvalue weighted by Crippen LogP contribution is 2.38. The number of fused-ring (bicyclic) bond motifs is 5. The van der Waals surface area contributed by atoms with Crippen LogP contribution in [0.4, 0.5) is 0 Å². The van der Waals surface area contributed by atoms with E-state index in [4.69, 9.17) is 0 Å². The van der Waals surface area contributed by atoms with Gasteiger partial charge in [-0.15, -0.1) is 0 Å². The van der Waals surface area contributed by atoms with Crippen LogP contribution < -0.4 is 0 Å². The van der Waals surface area contributed by atoms with Gasteiger partial charge in [-0.1, -0.05) is 88.7 Å². The normalized spacial score (nSPS) is 11.4. The zero-order valence-corrected chi connectivity index (χ0v) is 15.1. The predicted octanol–water partition coefficient (Wildman–Crippen LogP) is 7.58. The highest BCUT2D eigenvalue weighted by Gasteiger charge is 2.10. The van der Waals surface area contributed by atoms with Gasteiger partial charge in [-0.3, -0.25) is 0 Å². The lowest BCUT2D eigenvalue weighted by Crippen LogP contribution is -1.86. The predicted molar refractivity (Wildman–Crippen MR) is 112 cm³/mol.